The number of hydrogen-bond donors (Lipinski definition) is 0. The van der Waals surface area contributed by atoms with Crippen LogP contribution in [0.2, 0.25) is 0 Å². The molecule has 0 radical (unpaired) electrons. The van der Waals surface area contributed by atoms with Gasteiger partial charge in [-0.2, -0.15) is 0 Å². The Morgan fingerprint density at radius 2 is 1.62 bits per heavy atom. The first-order valence-corrected chi connectivity index (χ1v) is 13.3. The molecule has 6 aromatic rings. The molecule has 0 aliphatic heterocycles. The smallest absolute Gasteiger partial charge is 0.146 e. The maximum Gasteiger partial charge on any atom is 0.146 e. The minimum Gasteiger partial charge on any atom is -0.292 e. The van der Waals surface area contributed by atoms with E-state index < -0.39 is 0 Å². The number of para-hydroxylation sites is 2. The van der Waals surface area contributed by atoms with Crippen molar-refractivity contribution < 1.29 is 0 Å². The van der Waals surface area contributed by atoms with E-state index in [0.29, 0.717) is 0 Å². The molecule has 0 amide bonds. The third kappa shape index (κ3) is 3.73. The molecule has 0 aliphatic carbocycles. The molecule has 3 aromatic carbocycles. The normalized spacial score (nSPS) is 11.7. The number of rotatable bonds is 6. The van der Waals surface area contributed by atoms with E-state index in [0.717, 1.165) is 72.5 Å². The summed E-state index contributed by atoms with van der Waals surface area (Å²) in [5.41, 5.74) is 9.58. The lowest BCUT2D eigenvalue weighted by Crippen LogP contribution is -1.97. The van der Waals surface area contributed by atoms with Crippen molar-refractivity contribution in [3.8, 4) is 21.7 Å². The average Bonchev–Trinajstić information content (AvgIpc) is 3.54. The van der Waals surface area contributed by atoms with Crippen LogP contribution in [0.4, 0.5) is 0 Å². The van der Waals surface area contributed by atoms with Gasteiger partial charge in [-0.15, -0.1) is 11.3 Å². The Balaban J connectivity index is 1.50. The Morgan fingerprint density at radius 1 is 0.865 bits per heavy atom. The second kappa shape index (κ2) is 9.30. The highest BCUT2D eigenvalue weighted by Gasteiger charge is 2.16. The van der Waals surface area contributed by atoms with Crippen molar-refractivity contribution in [2.45, 2.75) is 20.3 Å². The third-order valence-electron chi connectivity index (χ3n) is 6.86. The maximum atomic E-state index is 5.02. The van der Waals surface area contributed by atoms with Crippen LogP contribution in [0, 0.1) is 0 Å². The SMILES string of the molecule is C=Cc1c(C=C)n2c3ccccc3nc2c2cc(-c3ccc(-c4nc(/C=C\C)c(CC)s4)cc3)ccc12. The fourth-order valence-corrected chi connectivity index (χ4v) is 6.10. The molecule has 0 saturated carbocycles. The van der Waals surface area contributed by atoms with Gasteiger partial charge in [0.1, 0.15) is 10.7 Å². The maximum absolute atomic E-state index is 5.02. The first-order valence-electron chi connectivity index (χ1n) is 12.5. The van der Waals surface area contributed by atoms with Gasteiger partial charge in [0.15, 0.2) is 0 Å². The van der Waals surface area contributed by atoms with E-state index in [9.17, 15) is 0 Å². The monoisotopic (exact) mass is 497 g/mol. The number of thiazole rings is 1. The van der Waals surface area contributed by atoms with Crippen molar-refractivity contribution in [1.29, 1.82) is 0 Å². The van der Waals surface area contributed by atoms with Crippen molar-refractivity contribution in [3.63, 3.8) is 0 Å². The van der Waals surface area contributed by atoms with Gasteiger partial charge in [-0.05, 0) is 60.2 Å². The summed E-state index contributed by atoms with van der Waals surface area (Å²) in [6.07, 6.45) is 8.95. The Bertz CT molecular complexity index is 1850. The van der Waals surface area contributed by atoms with Gasteiger partial charge >= 0.3 is 0 Å². The van der Waals surface area contributed by atoms with Gasteiger partial charge in [0.05, 0.1) is 22.4 Å². The molecule has 3 heterocycles. The molecule has 0 saturated heterocycles. The van der Waals surface area contributed by atoms with Crippen LogP contribution < -0.4 is 0 Å². The van der Waals surface area contributed by atoms with E-state index in [2.05, 4.69) is 91.2 Å². The molecule has 0 spiro atoms. The first kappa shape index (κ1) is 23.1. The van der Waals surface area contributed by atoms with Gasteiger partial charge in [-0.3, -0.25) is 4.40 Å². The van der Waals surface area contributed by atoms with Gasteiger partial charge in [0, 0.05) is 21.4 Å². The van der Waals surface area contributed by atoms with Crippen molar-refractivity contribution in [2.75, 3.05) is 0 Å². The minimum absolute atomic E-state index is 0.932. The lowest BCUT2D eigenvalue weighted by molar-refractivity contribution is 1.16. The Labute approximate surface area is 220 Å². The molecular weight excluding hydrogens is 470 g/mol. The Morgan fingerprint density at radius 3 is 2.35 bits per heavy atom. The summed E-state index contributed by atoms with van der Waals surface area (Å²) >= 11 is 1.78. The number of pyridine rings is 1. The minimum atomic E-state index is 0.932. The topological polar surface area (TPSA) is 30.2 Å². The summed E-state index contributed by atoms with van der Waals surface area (Å²) in [4.78, 5) is 11.2. The molecule has 6 rings (SSSR count). The number of aromatic nitrogens is 3. The molecule has 180 valence electrons. The predicted octanol–water partition coefficient (Wildman–Crippen LogP) is 9.31. The predicted molar refractivity (Wildman–Crippen MR) is 161 cm³/mol. The zero-order valence-corrected chi connectivity index (χ0v) is 21.8. The number of hydrogen-bond acceptors (Lipinski definition) is 3. The summed E-state index contributed by atoms with van der Waals surface area (Å²) in [6, 6.07) is 23.6. The second-order valence-electron chi connectivity index (χ2n) is 8.99. The van der Waals surface area contributed by atoms with Crippen molar-refractivity contribution in [2.24, 2.45) is 0 Å². The molecule has 0 bridgehead atoms. The number of nitrogens with zero attached hydrogens (tertiary/aromatic N) is 3. The van der Waals surface area contributed by atoms with Gasteiger partial charge in [0.2, 0.25) is 0 Å². The van der Waals surface area contributed by atoms with Crippen LogP contribution in [0.15, 0.2) is 86.0 Å². The summed E-state index contributed by atoms with van der Waals surface area (Å²) in [7, 11) is 0. The Hall–Kier alpha value is -4.28. The summed E-state index contributed by atoms with van der Waals surface area (Å²) in [5, 5.41) is 3.29. The molecule has 0 aliphatic rings. The molecule has 0 N–H and O–H groups in total. The average molecular weight is 498 g/mol. The molecule has 3 nitrogen and oxygen atoms in total. The number of fused-ring (bicyclic) bond motifs is 5. The number of aryl methyl sites for hydroxylation is 1. The van der Waals surface area contributed by atoms with Crippen LogP contribution in [0.5, 0.6) is 0 Å². The molecule has 4 heteroatoms. The van der Waals surface area contributed by atoms with E-state index in [1.165, 1.54) is 4.88 Å². The van der Waals surface area contributed by atoms with E-state index in [4.69, 9.17) is 9.97 Å². The van der Waals surface area contributed by atoms with E-state index in [1.807, 2.05) is 31.2 Å². The van der Waals surface area contributed by atoms with Gasteiger partial charge in [-0.1, -0.05) is 80.8 Å². The van der Waals surface area contributed by atoms with Crippen LogP contribution in [-0.4, -0.2) is 14.4 Å². The first-order chi connectivity index (χ1) is 18.2. The standard InChI is InChI=1S/C33H27N3S/c1-5-11-28-31(8-4)37-33(35-28)22-16-14-21(15-17-22)23-18-19-25-24(6-2)29(7-3)36-30-13-10-9-12-27(30)34-32(36)26(25)20-23/h5-7,9-20H,2-3,8H2,1,4H3/b11-5-. The van der Waals surface area contributed by atoms with Crippen molar-refractivity contribution >= 4 is 57.0 Å². The van der Waals surface area contributed by atoms with Crippen LogP contribution in [-0.2, 0) is 6.42 Å². The molecule has 37 heavy (non-hydrogen) atoms. The van der Waals surface area contributed by atoms with E-state index in [-0.39, 0.29) is 0 Å². The molecular formula is C33H27N3S. The highest BCUT2D eigenvalue weighted by molar-refractivity contribution is 7.15. The lowest BCUT2D eigenvalue weighted by atomic mass is 9.97. The largest absolute Gasteiger partial charge is 0.292 e. The third-order valence-corrected chi connectivity index (χ3v) is 8.13. The van der Waals surface area contributed by atoms with Crippen molar-refractivity contribution in [1.82, 2.24) is 14.4 Å². The van der Waals surface area contributed by atoms with Gasteiger partial charge < -0.3 is 0 Å². The van der Waals surface area contributed by atoms with Crippen LogP contribution in [0.3, 0.4) is 0 Å². The zero-order chi connectivity index (χ0) is 25.5. The van der Waals surface area contributed by atoms with Crippen LogP contribution in [0.1, 0.15) is 35.7 Å². The van der Waals surface area contributed by atoms with Crippen LogP contribution >= 0.6 is 11.3 Å². The highest BCUT2D eigenvalue weighted by Crippen LogP contribution is 2.36. The molecule has 0 unspecified atom stereocenters. The molecule has 0 atom stereocenters. The summed E-state index contributed by atoms with van der Waals surface area (Å²) in [5.74, 6) is 0. The zero-order valence-electron chi connectivity index (χ0n) is 21.0. The fourth-order valence-electron chi connectivity index (χ4n) is 5.10. The Kier molecular flexibility index (Phi) is 5.82. The number of imidazole rings is 1. The van der Waals surface area contributed by atoms with Gasteiger partial charge in [0.25, 0.3) is 0 Å². The summed E-state index contributed by atoms with van der Waals surface area (Å²) in [6.45, 7) is 12.4. The highest BCUT2D eigenvalue weighted by atomic mass is 32.1. The molecule has 0 fully saturated rings. The number of allylic oxidation sites excluding steroid dienone is 1. The lowest BCUT2D eigenvalue weighted by Gasteiger charge is -2.13. The quantitative estimate of drug-likeness (QED) is 0.229. The van der Waals surface area contributed by atoms with Crippen LogP contribution in [0.25, 0.3) is 67.4 Å². The second-order valence-corrected chi connectivity index (χ2v) is 10.1. The summed E-state index contributed by atoms with van der Waals surface area (Å²) < 4.78 is 2.20. The fraction of sp³-hybridized carbons (Fsp3) is 0.0909. The van der Waals surface area contributed by atoms with E-state index >= 15 is 0 Å². The molecule has 3 aromatic heterocycles. The van der Waals surface area contributed by atoms with Gasteiger partial charge in [-0.25, -0.2) is 9.97 Å². The number of benzene rings is 3. The van der Waals surface area contributed by atoms with Crippen molar-refractivity contribution in [3.05, 3.63) is 108 Å². The van der Waals surface area contributed by atoms with E-state index in [1.54, 1.807) is 11.3 Å².